The Labute approximate surface area is 126 Å². The molecule has 6 nitrogen and oxygen atoms in total. The van der Waals surface area contributed by atoms with E-state index < -0.39 is 5.97 Å². The van der Waals surface area contributed by atoms with Gasteiger partial charge in [-0.3, -0.25) is 9.69 Å². The Kier molecular flexibility index (Phi) is 5.45. The Morgan fingerprint density at radius 2 is 2.14 bits per heavy atom. The number of carbonyl (C=O) groups is 2. The second-order valence-corrected chi connectivity index (χ2v) is 6.33. The van der Waals surface area contributed by atoms with Crippen LogP contribution in [0.1, 0.15) is 46.0 Å². The molecule has 3 atom stereocenters. The van der Waals surface area contributed by atoms with Crippen molar-refractivity contribution in [2.75, 3.05) is 19.6 Å². The summed E-state index contributed by atoms with van der Waals surface area (Å²) in [7, 11) is 0. The smallest absolute Gasteiger partial charge is 0.317 e. The van der Waals surface area contributed by atoms with Gasteiger partial charge in [-0.05, 0) is 32.7 Å². The molecule has 0 spiro atoms. The molecule has 0 aliphatic carbocycles. The van der Waals surface area contributed by atoms with Gasteiger partial charge in [0.25, 0.3) is 0 Å². The third-order valence-electron chi connectivity index (χ3n) is 4.58. The second kappa shape index (κ2) is 7.11. The van der Waals surface area contributed by atoms with Crippen LogP contribution in [0.2, 0.25) is 0 Å². The van der Waals surface area contributed by atoms with E-state index in [4.69, 9.17) is 5.11 Å². The monoisotopic (exact) mass is 297 g/mol. The Hall–Kier alpha value is -1.30. The lowest BCUT2D eigenvalue weighted by atomic mass is 10.1. The molecule has 2 amide bonds. The van der Waals surface area contributed by atoms with Crippen LogP contribution in [0.3, 0.4) is 0 Å². The molecule has 21 heavy (non-hydrogen) atoms. The summed E-state index contributed by atoms with van der Waals surface area (Å²) in [5.41, 5.74) is 0. The zero-order chi connectivity index (χ0) is 15.4. The number of carbonyl (C=O) groups excluding carboxylic acids is 1. The molecule has 2 N–H and O–H groups in total. The molecule has 0 radical (unpaired) electrons. The quantitative estimate of drug-likeness (QED) is 0.807. The number of piperazine rings is 1. The van der Waals surface area contributed by atoms with Gasteiger partial charge in [0.2, 0.25) is 0 Å². The zero-order valence-corrected chi connectivity index (χ0v) is 13.0. The van der Waals surface area contributed by atoms with Gasteiger partial charge in [0.05, 0.1) is 6.42 Å². The van der Waals surface area contributed by atoms with Crippen molar-refractivity contribution in [3.63, 3.8) is 0 Å². The summed E-state index contributed by atoms with van der Waals surface area (Å²) in [6, 6.07) is 0.296. The van der Waals surface area contributed by atoms with E-state index in [0.29, 0.717) is 12.5 Å². The van der Waals surface area contributed by atoms with E-state index in [1.54, 1.807) is 0 Å². The first-order valence-corrected chi connectivity index (χ1v) is 8.04. The summed E-state index contributed by atoms with van der Waals surface area (Å²) >= 11 is 0. The van der Waals surface area contributed by atoms with Gasteiger partial charge in [0.15, 0.2) is 0 Å². The average Bonchev–Trinajstić information content (AvgIpc) is 2.84. The molecule has 120 valence electrons. The van der Waals surface area contributed by atoms with Crippen LogP contribution in [0.5, 0.6) is 0 Å². The summed E-state index contributed by atoms with van der Waals surface area (Å²) < 4.78 is 0. The van der Waals surface area contributed by atoms with Gasteiger partial charge < -0.3 is 15.3 Å². The van der Waals surface area contributed by atoms with Gasteiger partial charge in [0, 0.05) is 31.2 Å². The molecular weight excluding hydrogens is 270 g/mol. The SMILES string of the molecule is CCCC(CC(=O)O)NC(=O)N1CC2CCCN2CC1C. The van der Waals surface area contributed by atoms with E-state index in [1.165, 1.54) is 6.42 Å². The highest BCUT2D eigenvalue weighted by Gasteiger charge is 2.36. The van der Waals surface area contributed by atoms with E-state index in [-0.39, 0.29) is 24.5 Å². The number of nitrogens with zero attached hydrogens (tertiary/aromatic N) is 2. The molecule has 0 aromatic rings. The first-order valence-electron chi connectivity index (χ1n) is 8.04. The maximum Gasteiger partial charge on any atom is 0.317 e. The van der Waals surface area contributed by atoms with Crippen molar-refractivity contribution in [2.24, 2.45) is 0 Å². The van der Waals surface area contributed by atoms with Crippen LogP contribution in [0, 0.1) is 0 Å². The number of carboxylic acids is 1. The van der Waals surface area contributed by atoms with E-state index in [0.717, 1.165) is 32.5 Å². The van der Waals surface area contributed by atoms with Gasteiger partial charge in [-0.15, -0.1) is 0 Å². The number of fused-ring (bicyclic) bond motifs is 1. The molecule has 3 unspecified atom stereocenters. The van der Waals surface area contributed by atoms with Crippen LogP contribution < -0.4 is 5.32 Å². The van der Waals surface area contributed by atoms with Crippen molar-refractivity contribution in [3.8, 4) is 0 Å². The van der Waals surface area contributed by atoms with Crippen molar-refractivity contribution in [2.45, 2.75) is 64.1 Å². The first-order chi connectivity index (χ1) is 10.0. The summed E-state index contributed by atoms with van der Waals surface area (Å²) in [6.45, 7) is 6.90. The van der Waals surface area contributed by atoms with Gasteiger partial charge in [-0.2, -0.15) is 0 Å². The van der Waals surface area contributed by atoms with Crippen LogP contribution in [0.25, 0.3) is 0 Å². The van der Waals surface area contributed by atoms with Gasteiger partial charge in [-0.1, -0.05) is 13.3 Å². The van der Waals surface area contributed by atoms with E-state index in [9.17, 15) is 9.59 Å². The highest BCUT2D eigenvalue weighted by atomic mass is 16.4. The topological polar surface area (TPSA) is 72.9 Å². The fourth-order valence-electron chi connectivity index (χ4n) is 3.51. The number of aliphatic carboxylic acids is 1. The highest BCUT2D eigenvalue weighted by molar-refractivity contribution is 5.76. The van der Waals surface area contributed by atoms with E-state index in [2.05, 4.69) is 17.1 Å². The van der Waals surface area contributed by atoms with Crippen LogP contribution >= 0.6 is 0 Å². The summed E-state index contributed by atoms with van der Waals surface area (Å²) in [4.78, 5) is 27.7. The Bertz CT molecular complexity index is 388. The largest absolute Gasteiger partial charge is 0.481 e. The van der Waals surface area contributed by atoms with Crippen LogP contribution in [0.15, 0.2) is 0 Å². The molecule has 0 aromatic heterocycles. The van der Waals surface area contributed by atoms with Crippen molar-refractivity contribution >= 4 is 12.0 Å². The fraction of sp³-hybridized carbons (Fsp3) is 0.867. The lowest BCUT2D eigenvalue weighted by Gasteiger charge is -2.42. The van der Waals surface area contributed by atoms with Crippen LogP contribution in [0.4, 0.5) is 4.79 Å². The Morgan fingerprint density at radius 3 is 2.81 bits per heavy atom. The average molecular weight is 297 g/mol. The predicted octanol–water partition coefficient (Wildman–Crippen LogP) is 1.51. The predicted molar refractivity (Wildman–Crippen MR) is 80.2 cm³/mol. The molecule has 2 fully saturated rings. The molecule has 0 aromatic carbocycles. The van der Waals surface area contributed by atoms with Crippen LogP contribution in [-0.2, 0) is 4.79 Å². The van der Waals surface area contributed by atoms with Crippen molar-refractivity contribution in [3.05, 3.63) is 0 Å². The Balaban J connectivity index is 1.92. The van der Waals surface area contributed by atoms with Crippen molar-refractivity contribution < 1.29 is 14.7 Å². The molecular formula is C15H27N3O3. The highest BCUT2D eigenvalue weighted by Crippen LogP contribution is 2.24. The maximum absolute atomic E-state index is 12.5. The third-order valence-corrected chi connectivity index (χ3v) is 4.58. The molecule has 0 bridgehead atoms. The maximum atomic E-state index is 12.5. The minimum Gasteiger partial charge on any atom is -0.481 e. The molecule has 2 rings (SSSR count). The van der Waals surface area contributed by atoms with Crippen molar-refractivity contribution in [1.29, 1.82) is 0 Å². The molecule has 2 aliphatic rings. The summed E-state index contributed by atoms with van der Waals surface area (Å²) in [5, 5.41) is 11.9. The number of amides is 2. The van der Waals surface area contributed by atoms with Gasteiger partial charge in [-0.25, -0.2) is 4.79 Å². The minimum absolute atomic E-state index is 0.00262. The molecule has 2 saturated heterocycles. The fourth-order valence-corrected chi connectivity index (χ4v) is 3.51. The minimum atomic E-state index is -0.859. The van der Waals surface area contributed by atoms with Crippen molar-refractivity contribution in [1.82, 2.24) is 15.1 Å². The van der Waals surface area contributed by atoms with Gasteiger partial charge >= 0.3 is 12.0 Å². The lowest BCUT2D eigenvalue weighted by Crippen LogP contribution is -2.60. The molecule has 2 heterocycles. The number of hydrogen-bond donors (Lipinski definition) is 2. The molecule has 6 heteroatoms. The number of carboxylic acid groups (broad SMARTS) is 1. The molecule has 2 aliphatic heterocycles. The first kappa shape index (κ1) is 16.1. The number of urea groups is 1. The van der Waals surface area contributed by atoms with E-state index >= 15 is 0 Å². The zero-order valence-electron chi connectivity index (χ0n) is 13.0. The summed E-state index contributed by atoms with van der Waals surface area (Å²) in [5.74, 6) is -0.859. The van der Waals surface area contributed by atoms with Gasteiger partial charge in [0.1, 0.15) is 0 Å². The number of hydrogen-bond acceptors (Lipinski definition) is 3. The summed E-state index contributed by atoms with van der Waals surface area (Å²) in [6.07, 6.45) is 3.94. The second-order valence-electron chi connectivity index (χ2n) is 6.33. The molecule has 0 saturated carbocycles. The Morgan fingerprint density at radius 1 is 1.38 bits per heavy atom. The van der Waals surface area contributed by atoms with E-state index in [1.807, 2.05) is 11.8 Å². The number of nitrogens with one attached hydrogen (secondary N) is 1. The van der Waals surface area contributed by atoms with Crippen LogP contribution in [-0.4, -0.2) is 64.7 Å². The third kappa shape index (κ3) is 4.09. The standard InChI is InChI=1S/C15H27N3O3/c1-3-5-12(8-14(19)20)16-15(21)18-10-13-6-4-7-17(13)9-11(18)2/h11-13H,3-10H2,1-2H3,(H,16,21)(H,19,20). The number of rotatable bonds is 5. The lowest BCUT2D eigenvalue weighted by molar-refractivity contribution is -0.137. The normalized spacial score (nSPS) is 27.2.